The second kappa shape index (κ2) is 6.54. The van der Waals surface area contributed by atoms with Crippen molar-refractivity contribution in [3.8, 4) is 0 Å². The van der Waals surface area contributed by atoms with E-state index in [0.29, 0.717) is 6.61 Å². The van der Waals surface area contributed by atoms with E-state index < -0.39 is 0 Å². The average molecular weight is 263 g/mol. The van der Waals surface area contributed by atoms with E-state index in [1.807, 2.05) is 31.2 Å². The molecule has 0 aliphatic carbocycles. The Labute approximate surface area is 113 Å². The molecule has 1 aliphatic heterocycles. The summed E-state index contributed by atoms with van der Waals surface area (Å²) in [4.78, 5) is 11.9. The number of rotatable bonds is 3. The molecule has 0 bridgehead atoms. The van der Waals surface area contributed by atoms with Crippen molar-refractivity contribution in [3.63, 3.8) is 0 Å². The van der Waals surface area contributed by atoms with Crippen LogP contribution in [0.1, 0.15) is 31.4 Å². The summed E-state index contributed by atoms with van der Waals surface area (Å²) < 4.78 is 5.32. The Balaban J connectivity index is 1.89. The molecule has 4 N–H and O–H groups in total. The summed E-state index contributed by atoms with van der Waals surface area (Å²) in [7, 11) is 0. The number of carbonyl (C=O) groups excluding carboxylic acids is 1. The Morgan fingerprint density at radius 3 is 3.05 bits per heavy atom. The van der Waals surface area contributed by atoms with Crippen LogP contribution in [0.15, 0.2) is 24.3 Å². The van der Waals surface area contributed by atoms with E-state index in [0.717, 1.165) is 30.7 Å². The van der Waals surface area contributed by atoms with Crippen LogP contribution in [-0.2, 0) is 4.74 Å². The van der Waals surface area contributed by atoms with Gasteiger partial charge in [0.25, 0.3) is 0 Å². The van der Waals surface area contributed by atoms with Crippen molar-refractivity contribution in [1.29, 1.82) is 0 Å². The van der Waals surface area contributed by atoms with Crippen molar-refractivity contribution >= 4 is 11.7 Å². The molecule has 1 fully saturated rings. The van der Waals surface area contributed by atoms with Crippen molar-refractivity contribution in [1.82, 2.24) is 5.32 Å². The molecule has 19 heavy (non-hydrogen) atoms. The largest absolute Gasteiger partial charge is 0.379 e. The molecule has 0 radical (unpaired) electrons. The first-order valence-corrected chi connectivity index (χ1v) is 6.66. The van der Waals surface area contributed by atoms with Crippen LogP contribution in [0, 0.1) is 0 Å². The van der Waals surface area contributed by atoms with Crippen LogP contribution in [0.25, 0.3) is 0 Å². The first-order valence-electron chi connectivity index (χ1n) is 6.66. The fraction of sp³-hybridized carbons (Fsp3) is 0.500. The van der Waals surface area contributed by atoms with Gasteiger partial charge in [-0.05, 0) is 37.5 Å². The molecule has 104 valence electrons. The molecule has 1 heterocycles. The smallest absolute Gasteiger partial charge is 0.319 e. The molecular formula is C14H21N3O2. The minimum absolute atomic E-state index is 0.0449. The quantitative estimate of drug-likeness (QED) is 0.780. The highest BCUT2D eigenvalue weighted by atomic mass is 16.5. The third kappa shape index (κ3) is 4.22. The topological polar surface area (TPSA) is 76.4 Å². The molecule has 5 nitrogen and oxygen atoms in total. The zero-order chi connectivity index (χ0) is 13.7. The number of hydrogen-bond acceptors (Lipinski definition) is 3. The Morgan fingerprint density at radius 2 is 2.37 bits per heavy atom. The highest BCUT2D eigenvalue weighted by Gasteiger charge is 2.16. The van der Waals surface area contributed by atoms with Crippen LogP contribution in [0.4, 0.5) is 10.5 Å². The number of urea groups is 1. The lowest BCUT2D eigenvalue weighted by molar-refractivity contribution is 0.0739. The fourth-order valence-corrected chi connectivity index (χ4v) is 2.11. The van der Waals surface area contributed by atoms with Crippen molar-refractivity contribution in [2.24, 2.45) is 5.73 Å². The summed E-state index contributed by atoms with van der Waals surface area (Å²) >= 11 is 0. The molecule has 0 saturated carbocycles. The fourth-order valence-electron chi connectivity index (χ4n) is 2.11. The number of anilines is 1. The zero-order valence-electron chi connectivity index (χ0n) is 11.2. The Kier molecular flexibility index (Phi) is 4.76. The van der Waals surface area contributed by atoms with E-state index in [2.05, 4.69) is 10.6 Å². The van der Waals surface area contributed by atoms with Gasteiger partial charge in [0.05, 0.1) is 12.6 Å². The highest BCUT2D eigenvalue weighted by molar-refractivity contribution is 5.89. The molecule has 5 heteroatoms. The van der Waals surface area contributed by atoms with E-state index in [4.69, 9.17) is 10.5 Å². The van der Waals surface area contributed by atoms with Crippen LogP contribution >= 0.6 is 0 Å². The molecule has 1 aliphatic rings. The van der Waals surface area contributed by atoms with Crippen molar-refractivity contribution in [2.45, 2.75) is 31.8 Å². The van der Waals surface area contributed by atoms with E-state index in [9.17, 15) is 4.79 Å². The molecule has 1 aromatic carbocycles. The maximum Gasteiger partial charge on any atom is 0.319 e. The summed E-state index contributed by atoms with van der Waals surface area (Å²) in [5, 5.41) is 5.73. The number of nitrogens with two attached hydrogens (primary N) is 1. The highest BCUT2D eigenvalue weighted by Crippen LogP contribution is 2.15. The van der Waals surface area contributed by atoms with E-state index in [1.54, 1.807) is 0 Å². The van der Waals surface area contributed by atoms with Gasteiger partial charge >= 0.3 is 6.03 Å². The van der Waals surface area contributed by atoms with Gasteiger partial charge in [-0.2, -0.15) is 0 Å². The predicted molar refractivity (Wildman–Crippen MR) is 75.0 cm³/mol. The van der Waals surface area contributed by atoms with Gasteiger partial charge in [0.1, 0.15) is 0 Å². The Bertz CT molecular complexity index is 428. The lowest BCUT2D eigenvalue weighted by atomic mass is 10.1. The first-order chi connectivity index (χ1) is 9.15. The number of hydrogen-bond donors (Lipinski definition) is 3. The molecular weight excluding hydrogens is 242 g/mol. The lowest BCUT2D eigenvalue weighted by Gasteiger charge is -2.23. The summed E-state index contributed by atoms with van der Waals surface area (Å²) in [6, 6.07) is 7.44. The van der Waals surface area contributed by atoms with Gasteiger partial charge < -0.3 is 21.1 Å². The molecule has 2 rings (SSSR count). The van der Waals surface area contributed by atoms with E-state index in [-0.39, 0.29) is 18.1 Å². The molecule has 1 aromatic rings. The maximum atomic E-state index is 11.9. The van der Waals surface area contributed by atoms with Gasteiger partial charge in [0.2, 0.25) is 0 Å². The van der Waals surface area contributed by atoms with Gasteiger partial charge in [0, 0.05) is 18.3 Å². The monoisotopic (exact) mass is 263 g/mol. The van der Waals surface area contributed by atoms with Gasteiger partial charge in [-0.15, -0.1) is 0 Å². The number of amides is 2. The number of nitrogens with one attached hydrogen (secondary N) is 2. The van der Waals surface area contributed by atoms with Crippen LogP contribution in [-0.4, -0.2) is 25.3 Å². The Morgan fingerprint density at radius 1 is 1.53 bits per heavy atom. The Hall–Kier alpha value is -1.59. The second-order valence-electron chi connectivity index (χ2n) is 4.93. The molecule has 0 aromatic heterocycles. The van der Waals surface area contributed by atoms with Crippen LogP contribution in [0.5, 0.6) is 0 Å². The number of carbonyl (C=O) groups is 1. The van der Waals surface area contributed by atoms with Gasteiger partial charge in [-0.3, -0.25) is 0 Å². The van der Waals surface area contributed by atoms with Gasteiger partial charge in [-0.1, -0.05) is 12.1 Å². The minimum Gasteiger partial charge on any atom is -0.379 e. The SMILES string of the molecule is CC(N)c1cccc(NC(=O)NC2CCCOC2)c1. The van der Waals surface area contributed by atoms with Gasteiger partial charge in [0.15, 0.2) is 0 Å². The predicted octanol–water partition coefficient (Wildman–Crippen LogP) is 2.01. The minimum atomic E-state index is -0.197. The average Bonchev–Trinajstić information content (AvgIpc) is 2.40. The molecule has 1 saturated heterocycles. The van der Waals surface area contributed by atoms with Gasteiger partial charge in [-0.25, -0.2) is 4.79 Å². The lowest BCUT2D eigenvalue weighted by Crippen LogP contribution is -2.42. The normalized spacial score (nSPS) is 20.6. The summed E-state index contributed by atoms with van der Waals surface area (Å²) in [5.41, 5.74) is 7.57. The third-order valence-electron chi connectivity index (χ3n) is 3.17. The van der Waals surface area contributed by atoms with Crippen molar-refractivity contribution in [2.75, 3.05) is 18.5 Å². The van der Waals surface area contributed by atoms with E-state index >= 15 is 0 Å². The second-order valence-corrected chi connectivity index (χ2v) is 4.93. The van der Waals surface area contributed by atoms with Crippen molar-refractivity contribution < 1.29 is 9.53 Å². The number of benzene rings is 1. The molecule has 0 spiro atoms. The van der Waals surface area contributed by atoms with Crippen LogP contribution < -0.4 is 16.4 Å². The number of ether oxygens (including phenoxy) is 1. The summed E-state index contributed by atoms with van der Waals surface area (Å²) in [5.74, 6) is 0. The molecule has 2 amide bonds. The van der Waals surface area contributed by atoms with Crippen LogP contribution in [0.2, 0.25) is 0 Å². The van der Waals surface area contributed by atoms with Crippen LogP contribution in [0.3, 0.4) is 0 Å². The van der Waals surface area contributed by atoms with E-state index in [1.165, 1.54) is 0 Å². The molecule has 2 atom stereocenters. The third-order valence-corrected chi connectivity index (χ3v) is 3.17. The van der Waals surface area contributed by atoms with Crippen molar-refractivity contribution in [3.05, 3.63) is 29.8 Å². The summed E-state index contributed by atoms with van der Waals surface area (Å²) in [6.07, 6.45) is 1.96. The standard InChI is InChI=1S/C14H21N3O2/c1-10(15)11-4-2-5-12(8-11)16-14(18)17-13-6-3-7-19-9-13/h2,4-5,8,10,13H,3,6-7,9,15H2,1H3,(H2,16,17,18). The maximum absolute atomic E-state index is 11.9. The zero-order valence-corrected chi connectivity index (χ0v) is 11.2. The molecule has 2 unspecified atom stereocenters. The first kappa shape index (κ1) is 13.8. The summed E-state index contributed by atoms with van der Waals surface area (Å²) in [6.45, 7) is 3.29.